The summed E-state index contributed by atoms with van der Waals surface area (Å²) in [6.45, 7) is 3.38. The lowest BCUT2D eigenvalue weighted by Gasteiger charge is -2.10. The number of sulfonamides is 1. The topological polar surface area (TPSA) is 75.3 Å². The van der Waals surface area contributed by atoms with Crippen LogP contribution in [0.4, 0.5) is 18.9 Å². The average molecular weight is 447 g/mol. The molecule has 0 spiro atoms. The highest BCUT2D eigenvalue weighted by atomic mass is 35.5. The molecule has 0 radical (unpaired) electrons. The van der Waals surface area contributed by atoms with Gasteiger partial charge in [-0.05, 0) is 61.9 Å². The van der Waals surface area contributed by atoms with E-state index in [0.29, 0.717) is 5.69 Å². The van der Waals surface area contributed by atoms with Gasteiger partial charge in [0, 0.05) is 17.8 Å². The lowest BCUT2D eigenvalue weighted by Crippen LogP contribution is -2.30. The second kappa shape index (κ2) is 8.98. The molecular formula is C19H18ClF3N2O3S. The van der Waals surface area contributed by atoms with Crippen LogP contribution >= 0.6 is 11.6 Å². The van der Waals surface area contributed by atoms with Gasteiger partial charge in [0.25, 0.3) is 0 Å². The fourth-order valence-electron chi connectivity index (χ4n) is 2.32. The molecule has 1 amide bonds. The zero-order valence-electron chi connectivity index (χ0n) is 15.4. The Kier molecular flexibility index (Phi) is 7.10. The normalized spacial score (nSPS) is 12.5. The van der Waals surface area contributed by atoms with E-state index in [9.17, 15) is 26.4 Å². The summed E-state index contributed by atoms with van der Waals surface area (Å²) >= 11 is 5.55. The van der Waals surface area contributed by atoms with Crippen LogP contribution in [-0.2, 0) is 21.0 Å². The van der Waals surface area contributed by atoms with Crippen molar-refractivity contribution in [2.24, 2.45) is 0 Å². The Morgan fingerprint density at radius 1 is 1.10 bits per heavy atom. The average Bonchev–Trinajstić information content (AvgIpc) is 2.59. The lowest BCUT2D eigenvalue weighted by molar-refractivity contribution is -0.137. The molecule has 156 valence electrons. The molecule has 5 nitrogen and oxygen atoms in total. The number of nitrogens with one attached hydrogen (secondary N) is 2. The molecule has 0 saturated heterocycles. The van der Waals surface area contributed by atoms with Crippen molar-refractivity contribution >= 4 is 39.3 Å². The van der Waals surface area contributed by atoms with Crippen LogP contribution in [0.3, 0.4) is 0 Å². The maximum atomic E-state index is 12.9. The molecule has 0 aromatic heterocycles. The van der Waals surface area contributed by atoms with E-state index in [1.54, 1.807) is 13.8 Å². The number of hydrogen-bond donors (Lipinski definition) is 2. The molecule has 2 rings (SSSR count). The largest absolute Gasteiger partial charge is 0.417 e. The van der Waals surface area contributed by atoms with Gasteiger partial charge in [0.05, 0.1) is 15.5 Å². The van der Waals surface area contributed by atoms with Crippen molar-refractivity contribution in [1.29, 1.82) is 0 Å². The van der Waals surface area contributed by atoms with Crippen molar-refractivity contribution < 1.29 is 26.4 Å². The van der Waals surface area contributed by atoms with Crippen molar-refractivity contribution in [3.8, 4) is 0 Å². The summed E-state index contributed by atoms with van der Waals surface area (Å²) in [4.78, 5) is 12.0. The molecule has 0 atom stereocenters. The van der Waals surface area contributed by atoms with Crippen LogP contribution in [-0.4, -0.2) is 20.4 Å². The van der Waals surface area contributed by atoms with Gasteiger partial charge in [-0.25, -0.2) is 13.1 Å². The summed E-state index contributed by atoms with van der Waals surface area (Å²) in [5.74, 6) is -0.593. The van der Waals surface area contributed by atoms with Crippen LogP contribution in [0.5, 0.6) is 0 Å². The van der Waals surface area contributed by atoms with E-state index in [1.807, 2.05) is 0 Å². The van der Waals surface area contributed by atoms with Crippen molar-refractivity contribution in [3.05, 3.63) is 64.7 Å². The molecule has 2 aromatic rings. The molecule has 0 aliphatic heterocycles. The summed E-state index contributed by atoms with van der Waals surface area (Å²) in [6, 6.07) is 8.51. The number of carbonyl (C=O) groups excluding carboxylic acids is 1. The molecule has 0 heterocycles. The predicted molar refractivity (Wildman–Crippen MR) is 106 cm³/mol. The smallest absolute Gasteiger partial charge is 0.323 e. The molecule has 0 fully saturated rings. The van der Waals surface area contributed by atoms with Crippen molar-refractivity contribution in [2.45, 2.75) is 31.0 Å². The third-order valence-electron chi connectivity index (χ3n) is 3.55. The number of anilines is 1. The summed E-state index contributed by atoms with van der Waals surface area (Å²) in [7, 11) is -3.65. The number of rotatable bonds is 6. The van der Waals surface area contributed by atoms with Gasteiger partial charge in [0.1, 0.15) is 0 Å². The van der Waals surface area contributed by atoms with E-state index in [1.165, 1.54) is 36.4 Å². The molecular weight excluding hydrogens is 429 g/mol. The highest BCUT2D eigenvalue weighted by molar-refractivity contribution is 7.89. The second-order valence-corrected chi connectivity index (χ2v) is 8.48. The first-order valence-corrected chi connectivity index (χ1v) is 10.2. The molecule has 0 aliphatic rings. The van der Waals surface area contributed by atoms with Gasteiger partial charge in [0.2, 0.25) is 15.9 Å². The first-order valence-electron chi connectivity index (χ1n) is 8.37. The number of benzene rings is 2. The van der Waals surface area contributed by atoms with E-state index in [0.717, 1.165) is 18.2 Å². The van der Waals surface area contributed by atoms with Gasteiger partial charge in [-0.15, -0.1) is 0 Å². The molecule has 0 unspecified atom stereocenters. The van der Waals surface area contributed by atoms with Gasteiger partial charge in [-0.3, -0.25) is 4.79 Å². The highest BCUT2D eigenvalue weighted by Crippen LogP contribution is 2.35. The molecule has 0 bridgehead atoms. The van der Waals surface area contributed by atoms with Crippen LogP contribution in [0.1, 0.15) is 25.0 Å². The fourth-order valence-corrected chi connectivity index (χ4v) is 3.79. The monoisotopic (exact) mass is 446 g/mol. The Balaban J connectivity index is 2.08. The Labute approximate surface area is 171 Å². The minimum Gasteiger partial charge on any atom is -0.323 e. The summed E-state index contributed by atoms with van der Waals surface area (Å²) in [6.07, 6.45) is -2.32. The van der Waals surface area contributed by atoms with Crippen molar-refractivity contribution in [1.82, 2.24) is 4.72 Å². The molecule has 2 N–H and O–H groups in total. The number of hydrogen-bond acceptors (Lipinski definition) is 3. The quantitative estimate of drug-likeness (QED) is 0.632. The van der Waals surface area contributed by atoms with Crippen LogP contribution in [0, 0.1) is 0 Å². The molecule has 0 aliphatic carbocycles. The first kappa shape index (κ1) is 22.9. The maximum Gasteiger partial charge on any atom is 0.417 e. The number of amides is 1. The van der Waals surface area contributed by atoms with Crippen LogP contribution in [0.2, 0.25) is 5.02 Å². The highest BCUT2D eigenvalue weighted by Gasteiger charge is 2.33. The zero-order chi connectivity index (χ0) is 21.8. The van der Waals surface area contributed by atoms with Gasteiger partial charge in [-0.2, -0.15) is 13.2 Å². The summed E-state index contributed by atoms with van der Waals surface area (Å²) in [5.41, 5.74) is -0.512. The Morgan fingerprint density at radius 2 is 1.72 bits per heavy atom. The number of carbonyl (C=O) groups is 1. The zero-order valence-corrected chi connectivity index (χ0v) is 17.0. The summed E-state index contributed by atoms with van der Waals surface area (Å²) in [5, 5.41) is 2.07. The molecule has 10 heteroatoms. The number of alkyl halides is 3. The Bertz CT molecular complexity index is 1020. The summed E-state index contributed by atoms with van der Waals surface area (Å²) < 4.78 is 65.2. The first-order chi connectivity index (χ1) is 13.4. The van der Waals surface area contributed by atoms with E-state index in [4.69, 9.17) is 11.6 Å². The third kappa shape index (κ3) is 6.59. The van der Waals surface area contributed by atoms with E-state index in [-0.39, 0.29) is 16.5 Å². The molecule has 0 saturated carbocycles. The Hall–Kier alpha value is -2.36. The minimum absolute atomic E-state index is 0.0422. The van der Waals surface area contributed by atoms with E-state index in [2.05, 4.69) is 10.0 Å². The van der Waals surface area contributed by atoms with E-state index >= 15 is 0 Å². The third-order valence-corrected chi connectivity index (χ3v) is 5.55. The van der Waals surface area contributed by atoms with Gasteiger partial charge >= 0.3 is 6.18 Å². The standard InChI is InChI=1S/C19H18ClF3N2O3S/c1-12(2)25-29(27,28)15-7-5-14(6-8-15)24-18(26)10-4-13-3-9-17(20)16(11-13)19(21,22)23/h3-12,25H,1-2H3,(H,24,26)/b10-4+. The van der Waals surface area contributed by atoms with Gasteiger partial charge < -0.3 is 5.32 Å². The SMILES string of the molecule is CC(C)NS(=O)(=O)c1ccc(NC(=O)/C=C/c2ccc(Cl)c(C(F)(F)F)c2)cc1. The number of halogens is 4. The molecule has 2 aromatic carbocycles. The van der Waals surface area contributed by atoms with Crippen LogP contribution in [0.25, 0.3) is 6.08 Å². The van der Waals surface area contributed by atoms with Crippen molar-refractivity contribution in [2.75, 3.05) is 5.32 Å². The Morgan fingerprint density at radius 3 is 2.28 bits per heavy atom. The van der Waals surface area contributed by atoms with Gasteiger partial charge in [0.15, 0.2) is 0 Å². The molecule has 29 heavy (non-hydrogen) atoms. The maximum absolute atomic E-state index is 12.9. The van der Waals surface area contributed by atoms with Crippen LogP contribution < -0.4 is 10.0 Å². The fraction of sp³-hybridized carbons (Fsp3) is 0.211. The van der Waals surface area contributed by atoms with Gasteiger partial charge in [-0.1, -0.05) is 17.7 Å². The van der Waals surface area contributed by atoms with Crippen LogP contribution in [0.15, 0.2) is 53.4 Å². The lowest BCUT2D eigenvalue weighted by atomic mass is 10.1. The van der Waals surface area contributed by atoms with Crippen molar-refractivity contribution in [3.63, 3.8) is 0 Å². The minimum atomic E-state index is -4.60. The second-order valence-electron chi connectivity index (χ2n) is 6.36. The van der Waals surface area contributed by atoms with E-state index < -0.39 is 32.7 Å². The predicted octanol–water partition coefficient (Wildman–Crippen LogP) is 4.70.